The number of nitrogens with zero attached hydrogens (tertiary/aromatic N) is 3. The molecule has 0 bridgehead atoms. The molecule has 1 aliphatic heterocycles. The number of primary amides is 1. The van der Waals surface area contributed by atoms with E-state index in [2.05, 4.69) is 49.7 Å². The van der Waals surface area contributed by atoms with E-state index in [9.17, 15) is 9.59 Å². The molecule has 0 saturated carbocycles. The van der Waals surface area contributed by atoms with Crippen molar-refractivity contribution in [3.05, 3.63) is 143 Å². The molecule has 1 aliphatic rings. The third-order valence-corrected chi connectivity index (χ3v) is 10.00. The van der Waals surface area contributed by atoms with Gasteiger partial charge >= 0.3 is 0 Å². The Kier molecular flexibility index (Phi) is 15.3. The Morgan fingerprint density at radius 2 is 1.54 bits per heavy atom. The van der Waals surface area contributed by atoms with Crippen LogP contribution >= 0.6 is 78.3 Å². The molecule has 0 aromatic heterocycles. The second-order valence-corrected chi connectivity index (χ2v) is 14.3. The van der Waals surface area contributed by atoms with Gasteiger partial charge in [-0.05, 0) is 83.6 Å². The normalized spacial score (nSPS) is 13.5. The Morgan fingerprint density at radius 3 is 2.02 bits per heavy atom. The third-order valence-electron chi connectivity index (χ3n) is 7.48. The summed E-state index contributed by atoms with van der Waals surface area (Å²) in [5.41, 5.74) is 12.1. The Morgan fingerprint density at radius 1 is 0.979 bits per heavy atom. The second-order valence-electron chi connectivity index (χ2n) is 10.7. The molecule has 0 fully saturated rings. The van der Waals surface area contributed by atoms with Gasteiger partial charge in [-0.1, -0.05) is 115 Å². The lowest BCUT2D eigenvalue weighted by atomic mass is 10.0. The predicted molar refractivity (Wildman–Crippen MR) is 202 cm³/mol. The fraction of sp³-hybridized carbons (Fsp3) is 0.222. The fourth-order valence-corrected chi connectivity index (χ4v) is 7.00. The number of carbonyl (C=O) groups excluding carboxylic acids is 2. The molecule has 2 amide bonds. The Balaban J connectivity index is 0.000000213. The minimum atomic E-state index is -0.440. The highest BCUT2D eigenvalue weighted by atomic mass is 79.9. The minimum absolute atomic E-state index is 0.0218. The number of halogens is 6. The predicted octanol–water partition coefficient (Wildman–Crippen LogP) is 11.1. The minimum Gasteiger partial charge on any atom is -0.369 e. The van der Waals surface area contributed by atoms with Crippen LogP contribution in [0, 0.1) is 17.9 Å². The van der Waals surface area contributed by atoms with E-state index in [0.717, 1.165) is 16.5 Å². The van der Waals surface area contributed by atoms with Crippen molar-refractivity contribution in [2.75, 3.05) is 0 Å². The lowest BCUT2D eigenvalue weighted by Gasteiger charge is -2.22. The second kappa shape index (κ2) is 18.6. The summed E-state index contributed by atoms with van der Waals surface area (Å²) in [6, 6.07) is 23.7. The first-order chi connectivity index (χ1) is 22.8. The van der Waals surface area contributed by atoms with Gasteiger partial charge in [-0.15, -0.1) is 0 Å². The van der Waals surface area contributed by atoms with Gasteiger partial charge in [0.25, 0.3) is 0 Å². The maximum absolute atomic E-state index is 12.7. The molecule has 1 heterocycles. The van der Waals surface area contributed by atoms with Crippen LogP contribution in [0.5, 0.6) is 0 Å². The van der Waals surface area contributed by atoms with Crippen molar-refractivity contribution in [3.8, 4) is 6.07 Å². The van der Waals surface area contributed by atoms with Crippen molar-refractivity contribution in [1.29, 1.82) is 5.26 Å². The Labute approximate surface area is 317 Å². The molecule has 12 heteroatoms. The molecule has 6 nitrogen and oxygen atoms in total. The number of alkyl halides is 2. The van der Waals surface area contributed by atoms with E-state index in [1.165, 1.54) is 11.1 Å². The summed E-state index contributed by atoms with van der Waals surface area (Å²) in [5, 5.41) is 11.7. The number of nitrogens with two attached hydrogens (primary N) is 1. The van der Waals surface area contributed by atoms with Gasteiger partial charge < -0.3 is 10.6 Å². The first-order valence-corrected chi connectivity index (χ1v) is 18.0. The van der Waals surface area contributed by atoms with Crippen LogP contribution in [-0.4, -0.2) is 16.7 Å². The number of carbonyl (C=O) groups is 2. The molecular formula is C36H30Br2Cl4N4O2. The molecule has 0 spiro atoms. The van der Waals surface area contributed by atoms with Crippen LogP contribution in [-0.2, 0) is 34.3 Å². The van der Waals surface area contributed by atoms with Crippen LogP contribution < -0.4 is 5.73 Å². The Bertz CT molecular complexity index is 1850. The van der Waals surface area contributed by atoms with Gasteiger partial charge in [-0.3, -0.25) is 9.59 Å². The fourth-order valence-electron chi connectivity index (χ4n) is 5.01. The number of hydrogen-bond acceptors (Lipinski definition) is 3. The maximum atomic E-state index is 12.7. The molecule has 0 aliphatic carbocycles. The highest BCUT2D eigenvalue weighted by Crippen LogP contribution is 2.35. The number of fused-ring (bicyclic) bond motifs is 1. The first-order valence-electron chi connectivity index (χ1n) is 14.5. The number of benzene rings is 4. The molecule has 5 rings (SSSR count). The van der Waals surface area contributed by atoms with E-state index < -0.39 is 5.91 Å². The van der Waals surface area contributed by atoms with Crippen LogP contribution in [0.25, 0.3) is 4.85 Å². The summed E-state index contributed by atoms with van der Waals surface area (Å²) in [5.74, 6) is -0.466. The monoisotopic (exact) mass is 848 g/mol. The molecule has 0 radical (unpaired) electrons. The van der Waals surface area contributed by atoms with E-state index in [4.69, 9.17) is 64.0 Å². The van der Waals surface area contributed by atoms with Gasteiger partial charge in [0.05, 0.1) is 37.1 Å². The van der Waals surface area contributed by atoms with Crippen LogP contribution in [0.3, 0.4) is 0 Å². The quantitative estimate of drug-likeness (QED) is 0.155. The van der Waals surface area contributed by atoms with Crippen molar-refractivity contribution in [2.24, 2.45) is 5.73 Å². The van der Waals surface area contributed by atoms with Crippen molar-refractivity contribution < 1.29 is 9.59 Å². The number of amides is 2. The zero-order valence-electron chi connectivity index (χ0n) is 25.9. The van der Waals surface area contributed by atoms with Crippen LogP contribution in [0.1, 0.15) is 63.7 Å². The summed E-state index contributed by atoms with van der Waals surface area (Å²) < 4.78 is 0. The zero-order chi connectivity index (χ0) is 35.5. The van der Waals surface area contributed by atoms with Gasteiger partial charge in [0.2, 0.25) is 11.8 Å². The zero-order valence-corrected chi connectivity index (χ0v) is 32.1. The van der Waals surface area contributed by atoms with Crippen molar-refractivity contribution >= 4 is 95.8 Å². The van der Waals surface area contributed by atoms with Gasteiger partial charge in [0.15, 0.2) is 5.69 Å². The van der Waals surface area contributed by atoms with Crippen LogP contribution in [0.15, 0.2) is 72.8 Å². The molecular weight excluding hydrogens is 822 g/mol. The van der Waals surface area contributed by atoms with Crippen molar-refractivity contribution in [3.63, 3.8) is 0 Å². The molecule has 2 atom stereocenters. The van der Waals surface area contributed by atoms with E-state index in [0.29, 0.717) is 53.8 Å². The molecule has 2 unspecified atom stereocenters. The highest BCUT2D eigenvalue weighted by Gasteiger charge is 2.31. The van der Waals surface area contributed by atoms with Crippen LogP contribution in [0.4, 0.5) is 5.69 Å². The van der Waals surface area contributed by atoms with Gasteiger partial charge in [0, 0.05) is 36.8 Å². The number of hydrogen-bond donors (Lipinski definition) is 1. The summed E-state index contributed by atoms with van der Waals surface area (Å²) in [6.45, 7) is 11.5. The average molecular weight is 852 g/mol. The lowest BCUT2D eigenvalue weighted by molar-refractivity contribution is -0.132. The van der Waals surface area contributed by atoms with Gasteiger partial charge in [0.1, 0.15) is 0 Å². The van der Waals surface area contributed by atoms with Gasteiger partial charge in [-0.25, -0.2) is 4.85 Å². The largest absolute Gasteiger partial charge is 0.369 e. The summed E-state index contributed by atoms with van der Waals surface area (Å²) in [4.78, 5) is 28.8. The lowest BCUT2D eigenvalue weighted by Crippen LogP contribution is -2.29. The van der Waals surface area contributed by atoms with E-state index in [1.54, 1.807) is 47.4 Å². The maximum Gasteiger partial charge on any atom is 0.227 e. The molecule has 4 aromatic carbocycles. The van der Waals surface area contributed by atoms with Crippen LogP contribution in [0.2, 0.25) is 20.1 Å². The first kappa shape index (κ1) is 39.4. The SMILES string of the molecule is CC1c2ccc(C#N)cc2CN1C(=O)Cc1c(Cl)cccc1Cl.NC(=O)Cc1c(Cl)cccc1Cl.[C-]#[N+]c1ccc(C(C)Br)c(CBr)c1. The van der Waals surface area contributed by atoms with E-state index in [1.807, 2.05) is 37.3 Å². The molecule has 0 saturated heterocycles. The highest BCUT2D eigenvalue weighted by molar-refractivity contribution is 9.09. The topological polar surface area (TPSA) is 91.5 Å². The molecule has 48 heavy (non-hydrogen) atoms. The van der Waals surface area contributed by atoms with E-state index >= 15 is 0 Å². The summed E-state index contributed by atoms with van der Waals surface area (Å²) in [7, 11) is 0. The Hall–Kier alpha value is -3.08. The average Bonchev–Trinajstić information content (AvgIpc) is 3.40. The standard InChI is InChI=1S/C18H14Cl2N2O.C10H9Br2N.C8H7Cl2NO/c1-11-14-6-5-12(9-21)7-13(14)10-22(11)18(23)8-15-16(19)3-2-4-17(15)20;1-7(12)10-4-3-9(13-2)5-8(10)6-11;9-6-2-1-3-7(10)5(6)4-8(11)12/h2-7,11H,8,10H2,1H3;3-5,7H,6H2,1H3;1-3H,4H2,(H2,11,12). The number of nitriles is 1. The van der Waals surface area contributed by atoms with Crippen molar-refractivity contribution in [1.82, 2.24) is 4.90 Å². The van der Waals surface area contributed by atoms with Crippen molar-refractivity contribution in [2.45, 2.75) is 49.4 Å². The smallest absolute Gasteiger partial charge is 0.227 e. The molecule has 248 valence electrons. The molecule has 2 N–H and O–H groups in total. The van der Waals surface area contributed by atoms with E-state index in [-0.39, 0.29) is 24.8 Å². The van der Waals surface area contributed by atoms with Gasteiger partial charge in [-0.2, -0.15) is 5.26 Å². The summed E-state index contributed by atoms with van der Waals surface area (Å²) >= 11 is 30.8. The number of rotatable bonds is 6. The molecule has 4 aromatic rings. The third kappa shape index (κ3) is 10.5. The summed E-state index contributed by atoms with van der Waals surface area (Å²) in [6.07, 6.45) is 0.250.